The van der Waals surface area contributed by atoms with Crippen molar-refractivity contribution < 1.29 is 28.6 Å². The van der Waals surface area contributed by atoms with Gasteiger partial charge < -0.3 is 30.3 Å². The largest absolute Gasteiger partial charge is 0.457 e. The molecule has 11 nitrogen and oxygen atoms in total. The Morgan fingerprint density at radius 1 is 0.844 bits per heavy atom. The summed E-state index contributed by atoms with van der Waals surface area (Å²) in [5, 5.41) is 17.9. The maximum Gasteiger partial charge on any atom is 0.323 e. The van der Waals surface area contributed by atoms with Crippen molar-refractivity contribution in [3.05, 3.63) is 72.7 Å². The Hall–Kier alpha value is -4.55. The van der Waals surface area contributed by atoms with Crippen LogP contribution in [0.15, 0.2) is 66.9 Å². The lowest BCUT2D eigenvalue weighted by atomic mass is 9.99. The lowest BCUT2D eigenvalue weighted by molar-refractivity contribution is -0.131. The van der Waals surface area contributed by atoms with Crippen molar-refractivity contribution in [1.82, 2.24) is 14.8 Å². The fourth-order valence-electron chi connectivity index (χ4n) is 5.91. The minimum atomic E-state index is -1.23. The van der Waals surface area contributed by atoms with Crippen molar-refractivity contribution in [2.75, 3.05) is 42.1 Å². The summed E-state index contributed by atoms with van der Waals surface area (Å²) in [6.07, 6.45) is 5.40. The highest BCUT2D eigenvalue weighted by Gasteiger charge is 2.56. The molecule has 0 bridgehead atoms. The first-order valence-electron chi connectivity index (χ1n) is 15.4. The topological polar surface area (TPSA) is 136 Å². The van der Waals surface area contributed by atoms with E-state index >= 15 is 4.39 Å². The van der Waals surface area contributed by atoms with Gasteiger partial charge in [-0.3, -0.25) is 14.9 Å². The van der Waals surface area contributed by atoms with Gasteiger partial charge >= 0.3 is 6.03 Å². The summed E-state index contributed by atoms with van der Waals surface area (Å²) in [5.74, 6) is -0.866. The van der Waals surface area contributed by atoms with Gasteiger partial charge in [0, 0.05) is 56.2 Å². The van der Waals surface area contributed by atoms with Crippen molar-refractivity contribution in [2.24, 2.45) is 5.41 Å². The molecule has 4 amide bonds. The van der Waals surface area contributed by atoms with Gasteiger partial charge in [0.05, 0.1) is 11.8 Å². The second-order valence-electron chi connectivity index (χ2n) is 11.9. The van der Waals surface area contributed by atoms with Gasteiger partial charge in [0.15, 0.2) is 0 Å². The molecule has 45 heavy (non-hydrogen) atoms. The number of para-hydroxylation sites is 1. The third kappa shape index (κ3) is 7.23. The number of nitrogens with zero attached hydrogens (tertiary/aromatic N) is 3. The minimum Gasteiger partial charge on any atom is -0.457 e. The van der Waals surface area contributed by atoms with Gasteiger partial charge in [-0.25, -0.2) is 14.2 Å². The number of amides is 4. The van der Waals surface area contributed by atoms with Crippen LogP contribution in [0.25, 0.3) is 0 Å². The summed E-state index contributed by atoms with van der Waals surface area (Å²) in [6, 6.07) is 16.2. The summed E-state index contributed by atoms with van der Waals surface area (Å²) >= 11 is 0. The maximum atomic E-state index is 15.0. The fourth-order valence-corrected chi connectivity index (χ4v) is 5.91. The van der Waals surface area contributed by atoms with Crippen LogP contribution in [-0.4, -0.2) is 76.1 Å². The SMILES string of the molecule is O=C(Nc1cc(Oc2ccc(NC(=O)C3(C(=O)Nc4ccccc4)CC3)c(F)c2)ccn1)N1CCC(N2CCC(O)CC2)CC1. The van der Waals surface area contributed by atoms with Crippen LogP contribution < -0.4 is 20.7 Å². The Morgan fingerprint density at radius 3 is 2.22 bits per heavy atom. The number of aliphatic hydroxyl groups excluding tert-OH is 1. The molecule has 12 heteroatoms. The number of urea groups is 1. The molecule has 2 aliphatic heterocycles. The van der Waals surface area contributed by atoms with E-state index in [2.05, 4.69) is 25.8 Å². The molecule has 4 N–H and O–H groups in total. The van der Waals surface area contributed by atoms with Gasteiger partial charge in [-0.2, -0.15) is 0 Å². The molecule has 236 valence electrons. The molecular formula is C33H37FN6O5. The van der Waals surface area contributed by atoms with Gasteiger partial charge in [-0.1, -0.05) is 18.2 Å². The number of carbonyl (C=O) groups is 3. The molecular weight excluding hydrogens is 579 g/mol. The molecule has 1 aromatic heterocycles. The molecule has 6 rings (SSSR count). The first-order chi connectivity index (χ1) is 21.8. The number of anilines is 3. The van der Waals surface area contributed by atoms with Gasteiger partial charge in [0.2, 0.25) is 11.8 Å². The second-order valence-corrected chi connectivity index (χ2v) is 11.9. The molecule has 0 radical (unpaired) electrons. The average molecular weight is 617 g/mol. The molecule has 2 saturated heterocycles. The summed E-state index contributed by atoms with van der Waals surface area (Å²) in [7, 11) is 0. The molecule has 3 fully saturated rings. The quantitative estimate of drug-likeness (QED) is 0.267. The number of aliphatic hydroxyl groups is 1. The Labute approximate surface area is 260 Å². The lowest BCUT2D eigenvalue weighted by Crippen LogP contribution is -2.50. The summed E-state index contributed by atoms with van der Waals surface area (Å²) < 4.78 is 20.8. The van der Waals surface area contributed by atoms with E-state index in [1.54, 1.807) is 41.3 Å². The van der Waals surface area contributed by atoms with Crippen LogP contribution in [0.5, 0.6) is 11.5 Å². The third-order valence-corrected chi connectivity index (χ3v) is 8.81. The number of benzene rings is 2. The van der Waals surface area contributed by atoms with Gasteiger partial charge in [-0.15, -0.1) is 0 Å². The third-order valence-electron chi connectivity index (χ3n) is 8.81. The zero-order valence-electron chi connectivity index (χ0n) is 24.9. The van der Waals surface area contributed by atoms with Crippen LogP contribution in [0.4, 0.5) is 26.4 Å². The number of piperidine rings is 2. The fraction of sp³-hybridized carbons (Fsp3) is 0.394. The van der Waals surface area contributed by atoms with Crippen molar-refractivity contribution in [3.63, 3.8) is 0 Å². The van der Waals surface area contributed by atoms with Crippen molar-refractivity contribution in [3.8, 4) is 11.5 Å². The van der Waals surface area contributed by atoms with E-state index in [0.29, 0.717) is 49.2 Å². The molecule has 3 aromatic rings. The normalized spacial score (nSPS) is 18.6. The first kappa shape index (κ1) is 30.5. The van der Waals surface area contributed by atoms with Crippen LogP contribution >= 0.6 is 0 Å². The van der Waals surface area contributed by atoms with Crippen LogP contribution in [-0.2, 0) is 9.59 Å². The highest BCUT2D eigenvalue weighted by Crippen LogP contribution is 2.47. The molecule has 0 spiro atoms. The number of rotatable bonds is 8. The number of carbonyl (C=O) groups excluding carboxylic acids is 3. The van der Waals surface area contributed by atoms with E-state index < -0.39 is 23.0 Å². The van der Waals surface area contributed by atoms with Crippen molar-refractivity contribution >= 4 is 35.0 Å². The van der Waals surface area contributed by atoms with E-state index in [1.807, 2.05) is 6.07 Å². The van der Waals surface area contributed by atoms with E-state index in [9.17, 15) is 19.5 Å². The molecule has 0 atom stereocenters. The Balaban J connectivity index is 1.01. The number of hydrogen-bond acceptors (Lipinski definition) is 7. The number of aromatic nitrogens is 1. The zero-order valence-corrected chi connectivity index (χ0v) is 24.9. The van der Waals surface area contributed by atoms with E-state index in [0.717, 1.165) is 44.8 Å². The molecule has 3 heterocycles. The number of ether oxygens (including phenoxy) is 1. The Morgan fingerprint density at radius 2 is 1.53 bits per heavy atom. The molecule has 1 saturated carbocycles. The monoisotopic (exact) mass is 616 g/mol. The van der Waals surface area contributed by atoms with Gasteiger partial charge in [0.25, 0.3) is 0 Å². The van der Waals surface area contributed by atoms with Crippen LogP contribution in [0, 0.1) is 11.2 Å². The summed E-state index contributed by atoms with van der Waals surface area (Å²) in [5.41, 5.74) is -0.706. The summed E-state index contributed by atoms with van der Waals surface area (Å²) in [4.78, 5) is 47.1. The van der Waals surface area contributed by atoms with Gasteiger partial charge in [-0.05, 0) is 68.9 Å². The number of nitrogens with one attached hydrogen (secondary N) is 3. The summed E-state index contributed by atoms with van der Waals surface area (Å²) in [6.45, 7) is 3.05. The van der Waals surface area contributed by atoms with Gasteiger partial charge in [0.1, 0.15) is 28.5 Å². The number of likely N-dealkylation sites (tertiary alicyclic amines) is 2. The molecule has 1 aliphatic carbocycles. The number of halogens is 1. The molecule has 0 unspecified atom stereocenters. The smallest absolute Gasteiger partial charge is 0.323 e. The number of pyridine rings is 1. The minimum absolute atomic E-state index is 0.0598. The van der Waals surface area contributed by atoms with E-state index in [-0.39, 0.29) is 23.6 Å². The predicted octanol–water partition coefficient (Wildman–Crippen LogP) is 4.82. The maximum absolute atomic E-state index is 15.0. The van der Waals surface area contributed by atoms with Crippen LogP contribution in [0.3, 0.4) is 0 Å². The lowest BCUT2D eigenvalue weighted by Gasteiger charge is -2.41. The number of hydrogen-bond donors (Lipinski definition) is 4. The van der Waals surface area contributed by atoms with Crippen LogP contribution in [0.1, 0.15) is 38.5 Å². The van der Waals surface area contributed by atoms with Crippen LogP contribution in [0.2, 0.25) is 0 Å². The standard InChI is InChI=1S/C33H37FN6O5/c34-27-20-25(6-7-28(27)37-31(43)33(13-14-33)30(42)36-22-4-2-1-3-5-22)45-26-8-15-35-29(21-26)38-32(44)40-16-9-23(10-17-40)39-18-11-24(41)12-19-39/h1-8,15,20-21,23-24,41H,9-14,16-19H2,(H,36,42)(H,37,43)(H,35,38,44). The predicted molar refractivity (Wildman–Crippen MR) is 167 cm³/mol. The van der Waals surface area contributed by atoms with E-state index in [1.165, 1.54) is 18.3 Å². The Kier molecular flexibility index (Phi) is 8.95. The first-order valence-corrected chi connectivity index (χ1v) is 15.4. The van der Waals surface area contributed by atoms with E-state index in [4.69, 9.17) is 4.74 Å². The molecule has 3 aliphatic rings. The van der Waals surface area contributed by atoms with Crippen molar-refractivity contribution in [1.29, 1.82) is 0 Å². The Bertz CT molecular complexity index is 1540. The average Bonchev–Trinajstić information content (AvgIpc) is 3.86. The molecule has 2 aromatic carbocycles. The highest BCUT2D eigenvalue weighted by atomic mass is 19.1. The zero-order chi connectivity index (χ0) is 31.4. The highest BCUT2D eigenvalue weighted by molar-refractivity contribution is 6.16. The second kappa shape index (κ2) is 13.2. The van der Waals surface area contributed by atoms with Crippen molar-refractivity contribution in [2.45, 2.75) is 50.7 Å².